The van der Waals surface area contributed by atoms with Crippen LogP contribution in [0.15, 0.2) is 33.7 Å². The van der Waals surface area contributed by atoms with Gasteiger partial charge in [0.15, 0.2) is 5.82 Å². The smallest absolute Gasteiger partial charge is 0.240 e. The molecule has 1 aromatic carbocycles. The van der Waals surface area contributed by atoms with Gasteiger partial charge in [0.05, 0.1) is 4.90 Å². The van der Waals surface area contributed by atoms with E-state index in [9.17, 15) is 8.42 Å². The molecule has 8 heteroatoms. The third-order valence-corrected chi connectivity index (χ3v) is 5.44. The molecular weight excluding hydrogens is 362 g/mol. The molecule has 0 aliphatic carbocycles. The van der Waals surface area contributed by atoms with E-state index in [1.807, 2.05) is 26.0 Å². The van der Waals surface area contributed by atoms with Crippen LogP contribution in [0.3, 0.4) is 0 Å². The Kier molecular flexibility index (Phi) is 7.40. The molecule has 6 nitrogen and oxygen atoms in total. The summed E-state index contributed by atoms with van der Waals surface area (Å²) in [6.45, 7) is 4.29. The van der Waals surface area contributed by atoms with Crippen LogP contribution in [0.1, 0.15) is 49.9 Å². The fourth-order valence-electron chi connectivity index (χ4n) is 2.24. The van der Waals surface area contributed by atoms with Gasteiger partial charge in [-0.05, 0) is 37.0 Å². The maximum atomic E-state index is 12.3. The van der Waals surface area contributed by atoms with Gasteiger partial charge in [0, 0.05) is 24.8 Å². The molecule has 0 radical (unpaired) electrons. The molecule has 0 aliphatic heterocycles. The molecule has 1 N–H and O–H groups in total. The van der Waals surface area contributed by atoms with E-state index in [0.717, 1.165) is 18.4 Å². The average molecular weight is 386 g/mol. The second-order valence-electron chi connectivity index (χ2n) is 6.14. The van der Waals surface area contributed by atoms with Gasteiger partial charge in [-0.3, -0.25) is 0 Å². The number of nitrogens with zero attached hydrogens (tertiary/aromatic N) is 2. The van der Waals surface area contributed by atoms with Crippen LogP contribution >= 0.6 is 11.6 Å². The number of sulfonamides is 1. The van der Waals surface area contributed by atoms with Crippen molar-refractivity contribution in [3.8, 4) is 0 Å². The summed E-state index contributed by atoms with van der Waals surface area (Å²) < 4.78 is 32.3. The first-order chi connectivity index (χ1) is 11.9. The van der Waals surface area contributed by atoms with E-state index in [4.69, 9.17) is 16.1 Å². The molecule has 2 rings (SSSR count). The minimum Gasteiger partial charge on any atom is -0.339 e. The number of rotatable bonds is 10. The van der Waals surface area contributed by atoms with E-state index in [1.165, 1.54) is 0 Å². The van der Waals surface area contributed by atoms with Crippen molar-refractivity contribution in [3.05, 3.63) is 41.5 Å². The van der Waals surface area contributed by atoms with Gasteiger partial charge in [0.2, 0.25) is 15.9 Å². The van der Waals surface area contributed by atoms with Gasteiger partial charge in [0.25, 0.3) is 0 Å². The highest BCUT2D eigenvalue weighted by Crippen LogP contribution is 2.13. The molecule has 0 fully saturated rings. The first-order valence-electron chi connectivity index (χ1n) is 8.39. The van der Waals surface area contributed by atoms with Crippen LogP contribution < -0.4 is 4.72 Å². The third-order valence-electron chi connectivity index (χ3n) is 3.69. The van der Waals surface area contributed by atoms with E-state index in [0.29, 0.717) is 37.0 Å². The summed E-state index contributed by atoms with van der Waals surface area (Å²) in [5, 5.41) is 3.89. The second-order valence-corrected chi connectivity index (χ2v) is 8.28. The Morgan fingerprint density at radius 3 is 2.48 bits per heavy atom. The Hall–Kier alpha value is -1.44. The standard InChI is InChI=1S/C17H24ClN3O3S/c1-13(2)17-20-16(24-21-17)6-4-12-19-25(22,23)15-9-7-14(8-10-15)5-3-11-18/h7-10,13,19H,3-6,11-12H2,1-2H3. The predicted octanol–water partition coefficient (Wildman–Crippen LogP) is 3.28. The highest BCUT2D eigenvalue weighted by atomic mass is 35.5. The lowest BCUT2D eigenvalue weighted by molar-refractivity contribution is 0.368. The Bertz CT molecular complexity index is 758. The predicted molar refractivity (Wildman–Crippen MR) is 97.4 cm³/mol. The van der Waals surface area contributed by atoms with E-state index in [2.05, 4.69) is 14.9 Å². The molecule has 0 unspecified atom stereocenters. The summed E-state index contributed by atoms with van der Waals surface area (Å²) >= 11 is 5.67. The van der Waals surface area contributed by atoms with Crippen molar-refractivity contribution in [2.24, 2.45) is 0 Å². The van der Waals surface area contributed by atoms with Crippen molar-refractivity contribution in [3.63, 3.8) is 0 Å². The molecular formula is C17H24ClN3O3S. The zero-order valence-electron chi connectivity index (χ0n) is 14.5. The number of hydrogen-bond donors (Lipinski definition) is 1. The summed E-state index contributed by atoms with van der Waals surface area (Å²) in [4.78, 5) is 4.54. The second kappa shape index (κ2) is 9.31. The number of nitrogens with one attached hydrogen (secondary N) is 1. The number of aromatic nitrogens is 2. The monoisotopic (exact) mass is 385 g/mol. The average Bonchev–Trinajstić information content (AvgIpc) is 3.06. The fraction of sp³-hybridized carbons (Fsp3) is 0.529. The van der Waals surface area contributed by atoms with Crippen LogP contribution in [0.5, 0.6) is 0 Å². The lowest BCUT2D eigenvalue weighted by Crippen LogP contribution is -2.25. The van der Waals surface area contributed by atoms with Crippen LogP contribution in [0.2, 0.25) is 0 Å². The number of aryl methyl sites for hydroxylation is 2. The molecule has 0 atom stereocenters. The quantitative estimate of drug-likeness (QED) is 0.501. The highest BCUT2D eigenvalue weighted by molar-refractivity contribution is 7.89. The molecule has 0 amide bonds. The number of alkyl halides is 1. The van der Waals surface area contributed by atoms with Gasteiger partial charge in [-0.2, -0.15) is 4.98 Å². The van der Waals surface area contributed by atoms with Gasteiger partial charge in [-0.15, -0.1) is 11.6 Å². The molecule has 2 aromatic rings. The fourth-order valence-corrected chi connectivity index (χ4v) is 3.45. The number of halogens is 1. The lowest BCUT2D eigenvalue weighted by Gasteiger charge is -2.07. The van der Waals surface area contributed by atoms with Crippen molar-refractivity contribution in [1.29, 1.82) is 0 Å². The maximum absolute atomic E-state index is 12.3. The van der Waals surface area contributed by atoms with Crippen molar-refractivity contribution < 1.29 is 12.9 Å². The molecule has 25 heavy (non-hydrogen) atoms. The molecule has 1 heterocycles. The van der Waals surface area contributed by atoms with Gasteiger partial charge in [-0.25, -0.2) is 13.1 Å². The van der Waals surface area contributed by atoms with Crippen LogP contribution in [0, 0.1) is 0 Å². The first-order valence-corrected chi connectivity index (χ1v) is 10.4. The Morgan fingerprint density at radius 2 is 1.88 bits per heavy atom. The SMILES string of the molecule is CC(C)c1noc(CCCNS(=O)(=O)c2ccc(CCCCl)cc2)n1. The maximum Gasteiger partial charge on any atom is 0.240 e. The van der Waals surface area contributed by atoms with Crippen LogP contribution in [0.4, 0.5) is 0 Å². The van der Waals surface area contributed by atoms with Crippen molar-refractivity contribution in [1.82, 2.24) is 14.9 Å². The summed E-state index contributed by atoms with van der Waals surface area (Å²) in [6, 6.07) is 6.90. The molecule has 0 spiro atoms. The first kappa shape index (κ1) is 19.9. The summed E-state index contributed by atoms with van der Waals surface area (Å²) in [7, 11) is -3.50. The van der Waals surface area contributed by atoms with Crippen molar-refractivity contribution in [2.45, 2.75) is 50.3 Å². The van der Waals surface area contributed by atoms with Crippen molar-refractivity contribution in [2.75, 3.05) is 12.4 Å². The number of hydrogen-bond acceptors (Lipinski definition) is 5. The lowest BCUT2D eigenvalue weighted by atomic mass is 10.1. The van der Waals surface area contributed by atoms with E-state index in [-0.39, 0.29) is 10.8 Å². The van der Waals surface area contributed by atoms with Gasteiger partial charge in [-0.1, -0.05) is 31.1 Å². The molecule has 138 valence electrons. The molecule has 0 aliphatic rings. The molecule has 0 saturated carbocycles. The number of benzene rings is 1. The summed E-state index contributed by atoms with van der Waals surface area (Å²) in [5.74, 6) is 2.01. The van der Waals surface area contributed by atoms with Gasteiger partial charge in [0.1, 0.15) is 0 Å². The largest absolute Gasteiger partial charge is 0.339 e. The Labute approximate surface area is 154 Å². The highest BCUT2D eigenvalue weighted by Gasteiger charge is 2.14. The molecule has 0 saturated heterocycles. The topological polar surface area (TPSA) is 85.1 Å². The zero-order chi connectivity index (χ0) is 18.3. The summed E-state index contributed by atoms with van der Waals surface area (Å²) in [6.07, 6.45) is 2.85. The van der Waals surface area contributed by atoms with Crippen LogP contribution in [0.25, 0.3) is 0 Å². The van der Waals surface area contributed by atoms with Crippen LogP contribution in [-0.4, -0.2) is 31.0 Å². The molecule has 0 bridgehead atoms. The van der Waals surface area contributed by atoms with Gasteiger partial charge < -0.3 is 4.52 Å². The Morgan fingerprint density at radius 1 is 1.16 bits per heavy atom. The normalized spacial score (nSPS) is 12.0. The van der Waals surface area contributed by atoms with E-state index < -0.39 is 10.0 Å². The minimum absolute atomic E-state index is 0.211. The van der Waals surface area contributed by atoms with E-state index >= 15 is 0 Å². The van der Waals surface area contributed by atoms with Gasteiger partial charge >= 0.3 is 0 Å². The van der Waals surface area contributed by atoms with Crippen LogP contribution in [-0.2, 0) is 22.9 Å². The summed E-state index contributed by atoms with van der Waals surface area (Å²) in [5.41, 5.74) is 1.08. The van der Waals surface area contributed by atoms with Crippen molar-refractivity contribution >= 4 is 21.6 Å². The van der Waals surface area contributed by atoms with E-state index in [1.54, 1.807) is 12.1 Å². The Balaban J connectivity index is 1.82. The third kappa shape index (κ3) is 6.09. The minimum atomic E-state index is -3.50. The molecule has 1 aromatic heterocycles. The zero-order valence-corrected chi connectivity index (χ0v) is 16.1.